The Morgan fingerprint density at radius 1 is 1.25 bits per heavy atom. The van der Waals surface area contributed by atoms with Crippen LogP contribution >= 0.6 is 0 Å². The van der Waals surface area contributed by atoms with Crippen molar-refractivity contribution in [3.05, 3.63) is 29.8 Å². The van der Waals surface area contributed by atoms with Gasteiger partial charge in [0.1, 0.15) is 0 Å². The Hall–Kier alpha value is -1.60. The van der Waals surface area contributed by atoms with Crippen LogP contribution in [0.2, 0.25) is 0 Å². The van der Waals surface area contributed by atoms with Crippen molar-refractivity contribution >= 4 is 21.4 Å². The fourth-order valence-corrected chi connectivity index (χ4v) is 3.38. The highest BCUT2D eigenvalue weighted by Gasteiger charge is 2.21. The van der Waals surface area contributed by atoms with Gasteiger partial charge in [0, 0.05) is 31.9 Å². The van der Waals surface area contributed by atoms with Gasteiger partial charge in [-0.1, -0.05) is 12.1 Å². The van der Waals surface area contributed by atoms with E-state index in [1.807, 2.05) is 4.90 Å². The Morgan fingerprint density at radius 3 is 2.55 bits per heavy atom. The molecule has 6 nitrogen and oxygen atoms in total. The van der Waals surface area contributed by atoms with E-state index in [2.05, 4.69) is 5.32 Å². The monoisotopic (exact) mass is 297 g/mol. The van der Waals surface area contributed by atoms with E-state index in [1.165, 1.54) is 0 Å². The highest BCUT2D eigenvalue weighted by Crippen LogP contribution is 2.09. The lowest BCUT2D eigenvalue weighted by Crippen LogP contribution is -2.43. The number of nitrogen functional groups attached to an aromatic ring is 1. The number of carbonyl (C=O) groups is 1. The number of sulfone groups is 1. The van der Waals surface area contributed by atoms with Crippen LogP contribution < -0.4 is 11.1 Å². The van der Waals surface area contributed by atoms with Crippen molar-refractivity contribution in [3.63, 3.8) is 0 Å². The van der Waals surface area contributed by atoms with Gasteiger partial charge in [0.25, 0.3) is 5.91 Å². The van der Waals surface area contributed by atoms with Gasteiger partial charge in [-0.2, -0.15) is 0 Å². The molecule has 1 amide bonds. The molecular weight excluding hydrogens is 278 g/mol. The second kappa shape index (κ2) is 6.23. The first-order chi connectivity index (χ1) is 9.48. The van der Waals surface area contributed by atoms with E-state index in [0.29, 0.717) is 37.4 Å². The highest BCUT2D eigenvalue weighted by molar-refractivity contribution is 7.91. The van der Waals surface area contributed by atoms with Crippen LogP contribution in [0.4, 0.5) is 5.69 Å². The summed E-state index contributed by atoms with van der Waals surface area (Å²) in [6, 6.07) is 6.91. The molecule has 20 heavy (non-hydrogen) atoms. The standard InChI is InChI=1S/C13H19N3O3S/c14-12-4-2-1-3-11(12)13(17)15-5-6-16-7-9-20(18,19)10-8-16/h1-4H,5-10,14H2,(H,15,17). The van der Waals surface area contributed by atoms with E-state index < -0.39 is 9.84 Å². The Bertz CT molecular complexity index is 572. The maximum Gasteiger partial charge on any atom is 0.253 e. The summed E-state index contributed by atoms with van der Waals surface area (Å²) in [5.74, 6) is 0.201. The number of hydrogen-bond acceptors (Lipinski definition) is 5. The number of amides is 1. The average molecular weight is 297 g/mol. The van der Waals surface area contributed by atoms with E-state index in [1.54, 1.807) is 24.3 Å². The predicted molar refractivity (Wildman–Crippen MR) is 78.3 cm³/mol. The molecule has 1 fully saturated rings. The summed E-state index contributed by atoms with van der Waals surface area (Å²) in [6.07, 6.45) is 0. The molecule has 2 rings (SSSR count). The number of nitrogens with two attached hydrogens (primary N) is 1. The lowest BCUT2D eigenvalue weighted by Gasteiger charge is -2.26. The molecule has 0 radical (unpaired) electrons. The first-order valence-corrected chi connectivity index (χ1v) is 8.35. The van der Waals surface area contributed by atoms with E-state index in [0.717, 1.165) is 0 Å². The van der Waals surface area contributed by atoms with Crippen LogP contribution in [0, 0.1) is 0 Å². The Morgan fingerprint density at radius 2 is 1.90 bits per heavy atom. The summed E-state index contributed by atoms with van der Waals surface area (Å²) in [5.41, 5.74) is 6.65. The summed E-state index contributed by atoms with van der Waals surface area (Å²) < 4.78 is 22.6. The summed E-state index contributed by atoms with van der Waals surface area (Å²) in [6.45, 7) is 2.19. The van der Waals surface area contributed by atoms with Crippen LogP contribution in [0.5, 0.6) is 0 Å². The van der Waals surface area contributed by atoms with Crippen molar-refractivity contribution in [3.8, 4) is 0 Å². The fraction of sp³-hybridized carbons (Fsp3) is 0.462. The van der Waals surface area contributed by atoms with Crippen LogP contribution in [0.1, 0.15) is 10.4 Å². The van der Waals surface area contributed by atoms with E-state index >= 15 is 0 Å². The first kappa shape index (κ1) is 14.8. The first-order valence-electron chi connectivity index (χ1n) is 6.53. The molecule has 1 aromatic carbocycles. The number of hydrogen-bond donors (Lipinski definition) is 2. The molecule has 0 aliphatic carbocycles. The van der Waals surface area contributed by atoms with Crippen LogP contribution in [-0.2, 0) is 9.84 Å². The predicted octanol–water partition coefficient (Wildman–Crippen LogP) is -0.271. The average Bonchev–Trinajstić information content (AvgIpc) is 2.41. The van der Waals surface area contributed by atoms with Gasteiger partial charge < -0.3 is 11.1 Å². The highest BCUT2D eigenvalue weighted by atomic mass is 32.2. The molecular formula is C13H19N3O3S. The zero-order valence-corrected chi connectivity index (χ0v) is 12.0. The Kier molecular flexibility index (Phi) is 4.61. The Balaban J connectivity index is 1.77. The van der Waals surface area contributed by atoms with Crippen molar-refractivity contribution in [1.82, 2.24) is 10.2 Å². The molecule has 0 bridgehead atoms. The molecule has 3 N–H and O–H groups in total. The third kappa shape index (κ3) is 3.94. The van der Waals surface area contributed by atoms with Gasteiger partial charge in [0.2, 0.25) is 0 Å². The van der Waals surface area contributed by atoms with E-state index in [9.17, 15) is 13.2 Å². The van der Waals surface area contributed by atoms with Gasteiger partial charge in [-0.3, -0.25) is 9.69 Å². The number of rotatable bonds is 4. The minimum atomic E-state index is -2.85. The minimum Gasteiger partial charge on any atom is -0.398 e. The van der Waals surface area contributed by atoms with Crippen molar-refractivity contribution in [2.45, 2.75) is 0 Å². The zero-order chi connectivity index (χ0) is 14.6. The maximum atomic E-state index is 11.9. The largest absolute Gasteiger partial charge is 0.398 e. The molecule has 1 aliphatic rings. The van der Waals surface area contributed by atoms with Gasteiger partial charge >= 0.3 is 0 Å². The molecule has 1 saturated heterocycles. The maximum absolute atomic E-state index is 11.9. The SMILES string of the molecule is Nc1ccccc1C(=O)NCCN1CCS(=O)(=O)CC1. The summed E-state index contributed by atoms with van der Waals surface area (Å²) in [7, 11) is -2.85. The molecule has 110 valence electrons. The van der Waals surface area contributed by atoms with Gasteiger partial charge in [-0.05, 0) is 12.1 Å². The quantitative estimate of drug-likeness (QED) is 0.746. The topological polar surface area (TPSA) is 92.5 Å². The van der Waals surface area contributed by atoms with Gasteiger partial charge in [0.05, 0.1) is 17.1 Å². The van der Waals surface area contributed by atoms with Gasteiger partial charge in [-0.25, -0.2) is 8.42 Å². The molecule has 0 unspecified atom stereocenters. The molecule has 0 saturated carbocycles. The van der Waals surface area contributed by atoms with Crippen molar-refractivity contribution in [1.29, 1.82) is 0 Å². The summed E-state index contributed by atoms with van der Waals surface area (Å²) in [4.78, 5) is 13.9. The molecule has 0 aromatic heterocycles. The second-order valence-electron chi connectivity index (χ2n) is 4.84. The number of nitrogens with zero attached hydrogens (tertiary/aromatic N) is 1. The van der Waals surface area contributed by atoms with E-state index in [-0.39, 0.29) is 17.4 Å². The van der Waals surface area contributed by atoms with E-state index in [4.69, 9.17) is 5.73 Å². The third-order valence-electron chi connectivity index (χ3n) is 3.36. The van der Waals surface area contributed by atoms with Crippen molar-refractivity contribution < 1.29 is 13.2 Å². The second-order valence-corrected chi connectivity index (χ2v) is 7.14. The van der Waals surface area contributed by atoms with Crippen molar-refractivity contribution in [2.24, 2.45) is 0 Å². The van der Waals surface area contributed by atoms with Gasteiger partial charge in [-0.15, -0.1) is 0 Å². The molecule has 1 aliphatic heterocycles. The number of carbonyl (C=O) groups excluding carboxylic acids is 1. The number of para-hydroxylation sites is 1. The fourth-order valence-electron chi connectivity index (χ4n) is 2.10. The Labute approximate surface area is 118 Å². The smallest absolute Gasteiger partial charge is 0.253 e. The molecule has 0 spiro atoms. The summed E-state index contributed by atoms with van der Waals surface area (Å²) >= 11 is 0. The number of benzene rings is 1. The van der Waals surface area contributed by atoms with Crippen LogP contribution in [0.3, 0.4) is 0 Å². The molecule has 1 heterocycles. The summed E-state index contributed by atoms with van der Waals surface area (Å²) in [5, 5.41) is 2.80. The minimum absolute atomic E-state index is 0.201. The number of anilines is 1. The molecule has 1 aromatic rings. The molecule has 0 atom stereocenters. The van der Waals surface area contributed by atoms with Crippen LogP contribution in [0.15, 0.2) is 24.3 Å². The van der Waals surface area contributed by atoms with Crippen molar-refractivity contribution in [2.75, 3.05) is 43.4 Å². The lowest BCUT2D eigenvalue weighted by molar-refractivity contribution is 0.0949. The number of nitrogens with one attached hydrogen (secondary N) is 1. The zero-order valence-electron chi connectivity index (χ0n) is 11.2. The molecule has 7 heteroatoms. The normalized spacial score (nSPS) is 18.6. The van der Waals surface area contributed by atoms with Crippen LogP contribution in [-0.4, -0.2) is 56.9 Å². The third-order valence-corrected chi connectivity index (χ3v) is 4.97. The lowest BCUT2D eigenvalue weighted by atomic mass is 10.1. The van der Waals surface area contributed by atoms with Gasteiger partial charge in [0.15, 0.2) is 9.84 Å². The van der Waals surface area contributed by atoms with Crippen LogP contribution in [0.25, 0.3) is 0 Å².